The van der Waals surface area contributed by atoms with Crippen LogP contribution in [0.1, 0.15) is 19.8 Å². The Kier molecular flexibility index (Phi) is 5.23. The summed E-state index contributed by atoms with van der Waals surface area (Å²) in [6.07, 6.45) is 3.08. The molecule has 0 radical (unpaired) electrons. The predicted molar refractivity (Wildman–Crippen MR) is 35.6 cm³/mol. The van der Waals surface area contributed by atoms with E-state index in [-0.39, 0.29) is 0 Å². The Hall–Kier alpha value is -1.19. The normalized spacial score (nSPS) is 9.70. The van der Waals surface area contributed by atoms with Crippen LogP contribution in [0.15, 0.2) is 5.16 Å². The van der Waals surface area contributed by atoms with Gasteiger partial charge >= 0.3 is 5.97 Å². The van der Waals surface area contributed by atoms with E-state index < -0.39 is 5.97 Å². The summed E-state index contributed by atoms with van der Waals surface area (Å²) in [4.78, 5) is 24.0. The third-order valence-corrected chi connectivity index (χ3v) is 0.669. The van der Waals surface area contributed by atoms with Gasteiger partial charge in [-0.1, -0.05) is 5.16 Å². The van der Waals surface area contributed by atoms with Crippen LogP contribution in [0.4, 0.5) is 0 Å². The third kappa shape index (κ3) is 6.81. The summed E-state index contributed by atoms with van der Waals surface area (Å²) in [7, 11) is 0. The van der Waals surface area contributed by atoms with Crippen LogP contribution < -0.4 is 0 Å². The van der Waals surface area contributed by atoms with Crippen LogP contribution in [-0.2, 0) is 14.4 Å². The molecule has 0 saturated heterocycles. The molecular weight excluding hydrogens is 134 g/mol. The van der Waals surface area contributed by atoms with E-state index in [1.807, 2.05) is 0 Å². The molecule has 0 bridgehead atoms. The smallest absolute Gasteiger partial charge is 0.319 e. The molecule has 4 heteroatoms. The standard InChI is InChI=1S/C6H9NO3/c1-6(9)10-7-4-2-3-5-8/h4-5H,2-3H2,1H3/b7-4+. The van der Waals surface area contributed by atoms with Crippen molar-refractivity contribution in [1.82, 2.24) is 0 Å². The Morgan fingerprint density at radius 2 is 2.30 bits per heavy atom. The minimum Gasteiger partial charge on any atom is -0.319 e. The lowest BCUT2D eigenvalue weighted by molar-refractivity contribution is -0.140. The van der Waals surface area contributed by atoms with Crippen molar-refractivity contribution in [2.75, 3.05) is 0 Å². The maximum absolute atomic E-state index is 10.1. The summed E-state index contributed by atoms with van der Waals surface area (Å²) in [5, 5.41) is 3.27. The first-order chi connectivity index (χ1) is 4.77. The lowest BCUT2D eigenvalue weighted by atomic mass is 10.4. The van der Waals surface area contributed by atoms with Gasteiger partial charge in [-0.3, -0.25) is 0 Å². The number of carbonyl (C=O) groups excluding carboxylic acids is 2. The van der Waals surface area contributed by atoms with Crippen LogP contribution >= 0.6 is 0 Å². The second-order valence-electron chi connectivity index (χ2n) is 1.61. The molecule has 0 aliphatic rings. The lowest BCUT2D eigenvalue weighted by Gasteiger charge is -1.86. The molecular formula is C6H9NO3. The van der Waals surface area contributed by atoms with Gasteiger partial charge in [0, 0.05) is 19.6 Å². The van der Waals surface area contributed by atoms with E-state index in [0.29, 0.717) is 12.8 Å². The minimum absolute atomic E-state index is 0.408. The van der Waals surface area contributed by atoms with E-state index >= 15 is 0 Å². The molecule has 0 amide bonds. The first-order valence-electron chi connectivity index (χ1n) is 2.90. The zero-order valence-electron chi connectivity index (χ0n) is 5.74. The van der Waals surface area contributed by atoms with Gasteiger partial charge in [0.25, 0.3) is 0 Å². The summed E-state index contributed by atoms with van der Waals surface area (Å²) in [5.41, 5.74) is 0. The average molecular weight is 143 g/mol. The van der Waals surface area contributed by atoms with Gasteiger partial charge in [0.2, 0.25) is 0 Å². The van der Waals surface area contributed by atoms with Crippen molar-refractivity contribution in [3.05, 3.63) is 0 Å². The fourth-order valence-corrected chi connectivity index (χ4v) is 0.307. The van der Waals surface area contributed by atoms with E-state index in [0.717, 1.165) is 6.29 Å². The van der Waals surface area contributed by atoms with Crippen LogP contribution in [-0.4, -0.2) is 18.5 Å². The summed E-state index contributed by atoms with van der Waals surface area (Å²) in [6.45, 7) is 1.26. The molecule has 56 valence electrons. The molecule has 0 spiro atoms. The molecule has 0 heterocycles. The Morgan fingerprint density at radius 1 is 1.60 bits per heavy atom. The summed E-state index contributed by atoms with van der Waals surface area (Å²) in [6, 6.07) is 0. The van der Waals surface area contributed by atoms with E-state index in [1.54, 1.807) is 0 Å². The van der Waals surface area contributed by atoms with E-state index in [9.17, 15) is 9.59 Å². The van der Waals surface area contributed by atoms with Crippen molar-refractivity contribution < 1.29 is 14.4 Å². The molecule has 10 heavy (non-hydrogen) atoms. The van der Waals surface area contributed by atoms with Crippen LogP contribution in [0.25, 0.3) is 0 Å². The molecule has 0 fully saturated rings. The zero-order valence-corrected chi connectivity index (χ0v) is 5.74. The van der Waals surface area contributed by atoms with Crippen LogP contribution in [0.3, 0.4) is 0 Å². The van der Waals surface area contributed by atoms with Crippen molar-refractivity contribution in [2.45, 2.75) is 19.8 Å². The van der Waals surface area contributed by atoms with E-state index in [4.69, 9.17) is 0 Å². The van der Waals surface area contributed by atoms with Crippen LogP contribution in [0, 0.1) is 0 Å². The number of hydrogen-bond donors (Lipinski definition) is 0. The molecule has 0 aromatic carbocycles. The Balaban J connectivity index is 3.20. The molecule has 0 aliphatic heterocycles. The number of aldehydes is 1. The summed E-state index contributed by atoms with van der Waals surface area (Å²) < 4.78 is 0. The number of nitrogens with zero attached hydrogens (tertiary/aromatic N) is 1. The van der Waals surface area contributed by atoms with Crippen LogP contribution in [0.5, 0.6) is 0 Å². The Bertz CT molecular complexity index is 142. The van der Waals surface area contributed by atoms with Gasteiger partial charge in [0.05, 0.1) is 0 Å². The van der Waals surface area contributed by atoms with Gasteiger partial charge in [0.1, 0.15) is 6.29 Å². The molecule has 0 unspecified atom stereocenters. The van der Waals surface area contributed by atoms with Crippen molar-refractivity contribution in [3.8, 4) is 0 Å². The molecule has 4 nitrogen and oxygen atoms in total. The van der Waals surface area contributed by atoms with Crippen molar-refractivity contribution in [2.24, 2.45) is 5.16 Å². The van der Waals surface area contributed by atoms with Gasteiger partial charge in [-0.25, -0.2) is 4.79 Å². The lowest BCUT2D eigenvalue weighted by Crippen LogP contribution is -1.90. The first kappa shape index (κ1) is 8.81. The van der Waals surface area contributed by atoms with E-state index in [1.165, 1.54) is 13.1 Å². The van der Waals surface area contributed by atoms with Gasteiger partial charge in [0.15, 0.2) is 0 Å². The van der Waals surface area contributed by atoms with Crippen molar-refractivity contribution in [1.29, 1.82) is 0 Å². The third-order valence-electron chi connectivity index (χ3n) is 0.669. The number of rotatable bonds is 4. The van der Waals surface area contributed by atoms with Gasteiger partial charge in [-0.05, 0) is 6.42 Å². The van der Waals surface area contributed by atoms with E-state index in [2.05, 4.69) is 9.99 Å². The number of hydrogen-bond acceptors (Lipinski definition) is 4. The Morgan fingerprint density at radius 3 is 2.80 bits per heavy atom. The molecule has 0 aromatic heterocycles. The average Bonchev–Trinajstić information content (AvgIpc) is 1.87. The maximum atomic E-state index is 10.1. The second-order valence-corrected chi connectivity index (χ2v) is 1.61. The Labute approximate surface area is 58.8 Å². The van der Waals surface area contributed by atoms with Gasteiger partial charge in [-0.2, -0.15) is 0 Å². The number of unbranched alkanes of at least 4 members (excludes halogenated alkanes) is 1. The second kappa shape index (κ2) is 5.94. The molecule has 0 aliphatic carbocycles. The summed E-state index contributed by atoms with van der Waals surface area (Å²) in [5.74, 6) is -0.456. The monoisotopic (exact) mass is 143 g/mol. The quantitative estimate of drug-likeness (QED) is 0.189. The molecule has 0 saturated carbocycles. The SMILES string of the molecule is CC(=O)O/N=C/CCC=O. The number of oxime groups is 1. The maximum Gasteiger partial charge on any atom is 0.331 e. The van der Waals surface area contributed by atoms with Gasteiger partial charge < -0.3 is 9.63 Å². The molecule has 0 aromatic rings. The fraction of sp³-hybridized carbons (Fsp3) is 0.500. The molecule has 0 N–H and O–H groups in total. The van der Waals surface area contributed by atoms with Gasteiger partial charge in [-0.15, -0.1) is 0 Å². The zero-order chi connectivity index (χ0) is 7.82. The molecule has 0 atom stereocenters. The largest absolute Gasteiger partial charge is 0.331 e. The van der Waals surface area contributed by atoms with Crippen molar-refractivity contribution in [3.63, 3.8) is 0 Å². The highest BCUT2D eigenvalue weighted by Gasteiger charge is 1.85. The number of carbonyl (C=O) groups is 2. The van der Waals surface area contributed by atoms with Crippen LogP contribution in [0.2, 0.25) is 0 Å². The predicted octanol–water partition coefficient (Wildman–Crippen LogP) is 0.514. The highest BCUT2D eigenvalue weighted by molar-refractivity contribution is 5.68. The minimum atomic E-state index is -0.456. The topological polar surface area (TPSA) is 55.7 Å². The highest BCUT2D eigenvalue weighted by Crippen LogP contribution is 1.81. The first-order valence-corrected chi connectivity index (χ1v) is 2.90. The van der Waals surface area contributed by atoms with Crippen molar-refractivity contribution >= 4 is 18.5 Å². The molecule has 0 rings (SSSR count). The fourth-order valence-electron chi connectivity index (χ4n) is 0.307. The highest BCUT2D eigenvalue weighted by atomic mass is 16.7. The summed E-state index contributed by atoms with van der Waals surface area (Å²) >= 11 is 0.